The van der Waals surface area contributed by atoms with Crippen LogP contribution in [0.4, 0.5) is 0 Å². The molecule has 1 fully saturated rings. The van der Waals surface area contributed by atoms with Crippen molar-refractivity contribution in [2.24, 2.45) is 0 Å². The molecule has 1 aliphatic rings. The Morgan fingerprint density at radius 1 is 1.10 bits per heavy atom. The summed E-state index contributed by atoms with van der Waals surface area (Å²) in [5.74, 6) is 1.31. The lowest BCUT2D eigenvalue weighted by Crippen LogP contribution is -2.37. The molecular formula is C18H21NO2. The van der Waals surface area contributed by atoms with Gasteiger partial charge in [-0.15, -0.1) is 0 Å². The molecule has 110 valence electrons. The highest BCUT2D eigenvalue weighted by Gasteiger charge is 2.24. The van der Waals surface area contributed by atoms with Crippen LogP contribution < -0.4 is 5.32 Å². The number of rotatable bonds is 3. The van der Waals surface area contributed by atoms with Crippen LogP contribution in [0.3, 0.4) is 0 Å². The van der Waals surface area contributed by atoms with Gasteiger partial charge in [-0.3, -0.25) is 4.79 Å². The number of nitrogens with one attached hydrogen (secondary N) is 1. The highest BCUT2D eigenvalue weighted by molar-refractivity contribution is 5.95. The Bertz CT molecular complexity index is 595. The molecule has 0 spiro atoms. The molecule has 3 heteroatoms. The Hall–Kier alpha value is -2.03. The number of hydrogen-bond acceptors (Lipinski definition) is 2. The van der Waals surface area contributed by atoms with E-state index < -0.39 is 0 Å². The second kappa shape index (κ2) is 6.17. The van der Waals surface area contributed by atoms with Crippen LogP contribution in [0.5, 0.6) is 0 Å². The third-order valence-electron chi connectivity index (χ3n) is 4.44. The smallest absolute Gasteiger partial charge is 0.255 e. The maximum Gasteiger partial charge on any atom is 0.255 e. The van der Waals surface area contributed by atoms with Crippen LogP contribution in [0.25, 0.3) is 0 Å². The molecule has 1 amide bonds. The van der Waals surface area contributed by atoms with E-state index in [1.165, 1.54) is 5.56 Å². The molecule has 2 aromatic rings. The zero-order valence-corrected chi connectivity index (χ0v) is 12.3. The maximum atomic E-state index is 12.2. The Kier molecular flexibility index (Phi) is 4.09. The van der Waals surface area contributed by atoms with E-state index in [2.05, 4.69) is 35.6 Å². The second-order valence-electron chi connectivity index (χ2n) is 5.82. The predicted octanol–water partition coefficient (Wildman–Crippen LogP) is 4.04. The summed E-state index contributed by atoms with van der Waals surface area (Å²) in [6, 6.07) is 12.7. The van der Waals surface area contributed by atoms with Gasteiger partial charge in [0.2, 0.25) is 0 Å². The van der Waals surface area contributed by atoms with E-state index in [0.717, 1.165) is 25.7 Å². The summed E-state index contributed by atoms with van der Waals surface area (Å²) in [5.41, 5.74) is 2.08. The summed E-state index contributed by atoms with van der Waals surface area (Å²) < 4.78 is 5.19. The number of furan rings is 1. The Labute approximate surface area is 125 Å². The van der Waals surface area contributed by atoms with Gasteiger partial charge in [0, 0.05) is 6.04 Å². The molecule has 3 nitrogen and oxygen atoms in total. The average molecular weight is 283 g/mol. The monoisotopic (exact) mass is 283 g/mol. The molecule has 1 aromatic heterocycles. The van der Waals surface area contributed by atoms with E-state index in [9.17, 15) is 4.79 Å². The molecule has 1 heterocycles. The lowest BCUT2D eigenvalue weighted by Gasteiger charge is -2.29. The lowest BCUT2D eigenvalue weighted by atomic mass is 9.82. The van der Waals surface area contributed by atoms with E-state index in [1.54, 1.807) is 12.3 Å². The van der Waals surface area contributed by atoms with Gasteiger partial charge in [0.05, 0.1) is 11.8 Å². The third-order valence-corrected chi connectivity index (χ3v) is 4.44. The Morgan fingerprint density at radius 3 is 2.43 bits per heavy atom. The van der Waals surface area contributed by atoms with Crippen molar-refractivity contribution >= 4 is 5.91 Å². The fraction of sp³-hybridized carbons (Fsp3) is 0.389. The molecule has 0 atom stereocenters. The van der Waals surface area contributed by atoms with Crippen LogP contribution in [0.1, 0.15) is 53.3 Å². The van der Waals surface area contributed by atoms with Crippen molar-refractivity contribution in [3.05, 3.63) is 59.5 Å². The van der Waals surface area contributed by atoms with Gasteiger partial charge < -0.3 is 9.73 Å². The third kappa shape index (κ3) is 3.18. The predicted molar refractivity (Wildman–Crippen MR) is 82.4 cm³/mol. The minimum atomic E-state index is -0.00980. The first-order chi connectivity index (χ1) is 10.2. The van der Waals surface area contributed by atoms with E-state index >= 15 is 0 Å². The van der Waals surface area contributed by atoms with Crippen LogP contribution in [-0.2, 0) is 0 Å². The number of carbonyl (C=O) groups excluding carboxylic acids is 1. The quantitative estimate of drug-likeness (QED) is 0.923. The highest BCUT2D eigenvalue weighted by Crippen LogP contribution is 2.32. The molecule has 1 saturated carbocycles. The molecule has 1 aliphatic carbocycles. The Balaban J connectivity index is 1.55. The van der Waals surface area contributed by atoms with Crippen molar-refractivity contribution in [3.63, 3.8) is 0 Å². The topological polar surface area (TPSA) is 42.2 Å². The highest BCUT2D eigenvalue weighted by atomic mass is 16.3. The fourth-order valence-corrected chi connectivity index (χ4v) is 3.18. The standard InChI is InChI=1S/C18H21NO2/c1-13-17(11-12-21-13)18(20)19-16-9-7-15(8-10-16)14-5-3-2-4-6-14/h2-6,11-12,15-16H,7-10H2,1H3,(H,19,20). The van der Waals surface area contributed by atoms with Gasteiger partial charge in [0.15, 0.2) is 0 Å². The van der Waals surface area contributed by atoms with Crippen LogP contribution in [0, 0.1) is 6.92 Å². The van der Waals surface area contributed by atoms with Crippen LogP contribution in [0.2, 0.25) is 0 Å². The molecular weight excluding hydrogens is 262 g/mol. The summed E-state index contributed by atoms with van der Waals surface area (Å²) in [5, 5.41) is 3.14. The first-order valence-electron chi connectivity index (χ1n) is 7.64. The molecule has 0 unspecified atom stereocenters. The molecule has 21 heavy (non-hydrogen) atoms. The van der Waals surface area contributed by atoms with E-state index in [-0.39, 0.29) is 11.9 Å². The van der Waals surface area contributed by atoms with Gasteiger partial charge >= 0.3 is 0 Å². The van der Waals surface area contributed by atoms with Crippen LogP contribution >= 0.6 is 0 Å². The van der Waals surface area contributed by atoms with Crippen molar-refractivity contribution < 1.29 is 9.21 Å². The van der Waals surface area contributed by atoms with Gasteiger partial charge in [0.1, 0.15) is 5.76 Å². The average Bonchev–Trinajstić information content (AvgIpc) is 2.95. The van der Waals surface area contributed by atoms with Crippen LogP contribution in [-0.4, -0.2) is 11.9 Å². The van der Waals surface area contributed by atoms with Gasteiger partial charge in [0.25, 0.3) is 5.91 Å². The normalized spacial score (nSPS) is 22.0. The maximum absolute atomic E-state index is 12.2. The number of aryl methyl sites for hydroxylation is 1. The molecule has 0 saturated heterocycles. The number of benzene rings is 1. The van der Waals surface area contributed by atoms with Crippen molar-refractivity contribution in [1.82, 2.24) is 5.32 Å². The first-order valence-corrected chi connectivity index (χ1v) is 7.64. The van der Waals surface area contributed by atoms with Gasteiger partial charge in [-0.05, 0) is 50.2 Å². The van der Waals surface area contributed by atoms with E-state index in [1.807, 2.05) is 6.92 Å². The minimum absolute atomic E-state index is 0.00980. The molecule has 1 aromatic carbocycles. The fourth-order valence-electron chi connectivity index (χ4n) is 3.18. The first kappa shape index (κ1) is 13.9. The van der Waals surface area contributed by atoms with E-state index in [4.69, 9.17) is 4.42 Å². The number of hydrogen-bond donors (Lipinski definition) is 1. The van der Waals surface area contributed by atoms with Gasteiger partial charge in [-0.2, -0.15) is 0 Å². The summed E-state index contributed by atoms with van der Waals surface area (Å²) in [4.78, 5) is 12.2. The van der Waals surface area contributed by atoms with E-state index in [0.29, 0.717) is 17.2 Å². The molecule has 1 N–H and O–H groups in total. The van der Waals surface area contributed by atoms with Crippen molar-refractivity contribution in [2.75, 3.05) is 0 Å². The molecule has 3 rings (SSSR count). The molecule has 0 aliphatic heterocycles. The minimum Gasteiger partial charge on any atom is -0.469 e. The lowest BCUT2D eigenvalue weighted by molar-refractivity contribution is 0.0924. The number of carbonyl (C=O) groups is 1. The zero-order valence-electron chi connectivity index (χ0n) is 12.3. The Morgan fingerprint density at radius 2 is 1.81 bits per heavy atom. The number of amides is 1. The summed E-state index contributed by atoms with van der Waals surface area (Å²) in [6.07, 6.45) is 5.93. The summed E-state index contributed by atoms with van der Waals surface area (Å²) >= 11 is 0. The largest absolute Gasteiger partial charge is 0.469 e. The molecule has 0 radical (unpaired) electrons. The SMILES string of the molecule is Cc1occc1C(=O)NC1CCC(c2ccccc2)CC1. The van der Waals surface area contributed by atoms with Crippen molar-refractivity contribution in [1.29, 1.82) is 0 Å². The zero-order chi connectivity index (χ0) is 14.7. The summed E-state index contributed by atoms with van der Waals surface area (Å²) in [7, 11) is 0. The van der Waals surface area contributed by atoms with Crippen molar-refractivity contribution in [3.8, 4) is 0 Å². The van der Waals surface area contributed by atoms with Crippen molar-refractivity contribution in [2.45, 2.75) is 44.6 Å². The van der Waals surface area contributed by atoms with Crippen LogP contribution in [0.15, 0.2) is 47.1 Å². The second-order valence-corrected chi connectivity index (χ2v) is 5.82. The molecule has 0 bridgehead atoms. The summed E-state index contributed by atoms with van der Waals surface area (Å²) in [6.45, 7) is 1.82. The van der Waals surface area contributed by atoms with Gasteiger partial charge in [-0.1, -0.05) is 30.3 Å². The van der Waals surface area contributed by atoms with Gasteiger partial charge in [-0.25, -0.2) is 0 Å².